The maximum atomic E-state index is 9.86. The van der Waals surface area contributed by atoms with E-state index in [0.717, 1.165) is 18.6 Å². The number of aliphatic hydroxyl groups excluding tert-OH is 1. The zero-order chi connectivity index (χ0) is 13.9. The van der Waals surface area contributed by atoms with Crippen LogP contribution in [0.1, 0.15) is 37.2 Å². The van der Waals surface area contributed by atoms with Gasteiger partial charge in [0.1, 0.15) is 11.9 Å². The number of fused-ring (bicyclic) bond motifs is 3. The number of terminal acetylenes is 1. The van der Waals surface area contributed by atoms with Crippen LogP contribution in [-0.2, 0) is 0 Å². The molecule has 2 nitrogen and oxygen atoms in total. The Morgan fingerprint density at radius 1 is 1.40 bits per heavy atom. The van der Waals surface area contributed by atoms with Crippen molar-refractivity contribution < 1.29 is 9.84 Å². The Labute approximate surface area is 120 Å². The third-order valence-corrected chi connectivity index (χ3v) is 4.37. The van der Waals surface area contributed by atoms with Crippen LogP contribution in [0.25, 0.3) is 0 Å². The van der Waals surface area contributed by atoms with Crippen LogP contribution in [0, 0.1) is 18.3 Å². The molecule has 1 aliphatic heterocycles. The first kappa shape index (κ1) is 13.3. The summed E-state index contributed by atoms with van der Waals surface area (Å²) in [6, 6.07) is 8.32. The minimum absolute atomic E-state index is 0.310. The lowest BCUT2D eigenvalue weighted by Gasteiger charge is -2.14. The van der Waals surface area contributed by atoms with Crippen LogP contribution in [0.3, 0.4) is 0 Å². The molecule has 0 amide bonds. The first-order valence-electron chi connectivity index (χ1n) is 7.35. The van der Waals surface area contributed by atoms with Crippen molar-refractivity contribution >= 4 is 0 Å². The van der Waals surface area contributed by atoms with Crippen molar-refractivity contribution in [1.82, 2.24) is 0 Å². The van der Waals surface area contributed by atoms with Crippen LogP contribution < -0.4 is 4.74 Å². The van der Waals surface area contributed by atoms with E-state index in [1.54, 1.807) is 0 Å². The summed E-state index contributed by atoms with van der Waals surface area (Å²) in [7, 11) is 0. The van der Waals surface area contributed by atoms with E-state index < -0.39 is 6.10 Å². The average molecular weight is 268 g/mol. The summed E-state index contributed by atoms with van der Waals surface area (Å²) in [6.07, 6.45) is 12.6. The van der Waals surface area contributed by atoms with Crippen molar-refractivity contribution in [2.24, 2.45) is 5.92 Å². The van der Waals surface area contributed by atoms with E-state index in [-0.39, 0.29) is 0 Å². The lowest BCUT2D eigenvalue weighted by Crippen LogP contribution is -2.15. The van der Waals surface area contributed by atoms with Gasteiger partial charge in [0.05, 0.1) is 6.10 Å². The van der Waals surface area contributed by atoms with E-state index in [0.29, 0.717) is 30.8 Å². The topological polar surface area (TPSA) is 29.5 Å². The minimum atomic E-state index is -0.428. The summed E-state index contributed by atoms with van der Waals surface area (Å²) in [4.78, 5) is 0. The molecule has 1 aliphatic carbocycles. The first-order chi connectivity index (χ1) is 9.79. The molecule has 1 N–H and O–H groups in total. The molecule has 4 atom stereocenters. The Balaban J connectivity index is 1.70. The average Bonchev–Trinajstić information content (AvgIpc) is 3.02. The quantitative estimate of drug-likeness (QED) is 0.671. The van der Waals surface area contributed by atoms with Gasteiger partial charge in [-0.2, -0.15) is 0 Å². The van der Waals surface area contributed by atoms with E-state index in [1.807, 2.05) is 12.1 Å². The highest BCUT2D eigenvalue weighted by Crippen LogP contribution is 2.50. The van der Waals surface area contributed by atoms with Gasteiger partial charge in [0.2, 0.25) is 0 Å². The van der Waals surface area contributed by atoms with Gasteiger partial charge in [0, 0.05) is 17.9 Å². The third-order valence-electron chi connectivity index (χ3n) is 4.37. The van der Waals surface area contributed by atoms with Crippen molar-refractivity contribution in [2.75, 3.05) is 0 Å². The number of hydrogen-bond donors (Lipinski definition) is 1. The zero-order valence-electron chi connectivity index (χ0n) is 11.5. The Morgan fingerprint density at radius 2 is 2.25 bits per heavy atom. The SMILES string of the molecule is C#CCCC(O)/C=C/[C@H]1CCC2Oc3ccccc3C21. The van der Waals surface area contributed by atoms with E-state index in [1.165, 1.54) is 5.56 Å². The molecule has 0 spiro atoms. The molecule has 20 heavy (non-hydrogen) atoms. The highest BCUT2D eigenvalue weighted by atomic mass is 16.5. The largest absolute Gasteiger partial charge is 0.489 e. The molecule has 0 saturated heterocycles. The Hall–Kier alpha value is -1.72. The normalized spacial score (nSPS) is 28.7. The van der Waals surface area contributed by atoms with Crippen LogP contribution in [0.2, 0.25) is 0 Å². The maximum absolute atomic E-state index is 9.86. The number of aliphatic hydroxyl groups is 1. The van der Waals surface area contributed by atoms with Crippen molar-refractivity contribution in [1.29, 1.82) is 0 Å². The lowest BCUT2D eigenvalue weighted by molar-refractivity contribution is 0.212. The minimum Gasteiger partial charge on any atom is -0.489 e. The molecular weight excluding hydrogens is 248 g/mol. The second-order valence-corrected chi connectivity index (χ2v) is 5.66. The monoisotopic (exact) mass is 268 g/mol. The second-order valence-electron chi connectivity index (χ2n) is 5.66. The predicted molar refractivity (Wildman–Crippen MR) is 79.5 cm³/mol. The molecule has 104 valence electrons. The second kappa shape index (κ2) is 5.73. The van der Waals surface area contributed by atoms with Crippen molar-refractivity contribution in [2.45, 2.75) is 43.8 Å². The highest BCUT2D eigenvalue weighted by Gasteiger charge is 2.43. The van der Waals surface area contributed by atoms with Crippen LogP contribution in [-0.4, -0.2) is 17.3 Å². The van der Waals surface area contributed by atoms with Gasteiger partial charge < -0.3 is 9.84 Å². The smallest absolute Gasteiger partial charge is 0.123 e. The summed E-state index contributed by atoms with van der Waals surface area (Å²) in [6.45, 7) is 0. The van der Waals surface area contributed by atoms with Crippen LogP contribution in [0.5, 0.6) is 5.75 Å². The summed E-state index contributed by atoms with van der Waals surface area (Å²) in [5.74, 6) is 4.51. The van der Waals surface area contributed by atoms with Gasteiger partial charge in [-0.3, -0.25) is 0 Å². The van der Waals surface area contributed by atoms with E-state index in [4.69, 9.17) is 11.2 Å². The molecule has 3 rings (SSSR count). The lowest BCUT2D eigenvalue weighted by atomic mass is 9.88. The van der Waals surface area contributed by atoms with Crippen LogP contribution >= 0.6 is 0 Å². The number of benzene rings is 1. The van der Waals surface area contributed by atoms with Gasteiger partial charge in [-0.15, -0.1) is 12.3 Å². The highest BCUT2D eigenvalue weighted by molar-refractivity contribution is 5.43. The number of hydrogen-bond acceptors (Lipinski definition) is 2. The fraction of sp³-hybridized carbons (Fsp3) is 0.444. The van der Waals surface area contributed by atoms with Gasteiger partial charge >= 0.3 is 0 Å². The molecule has 1 saturated carbocycles. The number of rotatable bonds is 4. The molecule has 1 aromatic carbocycles. The number of allylic oxidation sites excluding steroid dienone is 1. The molecule has 0 bridgehead atoms. The van der Waals surface area contributed by atoms with E-state index in [2.05, 4.69) is 30.2 Å². The maximum Gasteiger partial charge on any atom is 0.123 e. The Bertz CT molecular complexity index is 541. The van der Waals surface area contributed by atoms with Gasteiger partial charge in [-0.25, -0.2) is 0 Å². The van der Waals surface area contributed by atoms with E-state index in [9.17, 15) is 5.11 Å². The molecular formula is C18H20O2. The molecule has 3 unspecified atom stereocenters. The fourth-order valence-corrected chi connectivity index (χ4v) is 3.40. The van der Waals surface area contributed by atoms with Crippen molar-refractivity contribution in [3.63, 3.8) is 0 Å². The Kier molecular flexibility index (Phi) is 3.80. The fourth-order valence-electron chi connectivity index (χ4n) is 3.40. The number of ether oxygens (including phenoxy) is 1. The molecule has 0 aromatic heterocycles. The zero-order valence-corrected chi connectivity index (χ0v) is 11.5. The van der Waals surface area contributed by atoms with Gasteiger partial charge in [0.25, 0.3) is 0 Å². The van der Waals surface area contributed by atoms with Crippen LogP contribution in [0.4, 0.5) is 0 Å². The summed E-state index contributed by atoms with van der Waals surface area (Å²) in [5.41, 5.74) is 1.32. The molecule has 2 heteroatoms. The molecule has 2 aliphatic rings. The molecule has 0 radical (unpaired) electrons. The predicted octanol–water partition coefficient (Wildman–Crippen LogP) is 3.27. The summed E-state index contributed by atoms with van der Waals surface area (Å²) in [5, 5.41) is 9.86. The first-order valence-corrected chi connectivity index (χ1v) is 7.35. The summed E-state index contributed by atoms with van der Waals surface area (Å²) >= 11 is 0. The van der Waals surface area contributed by atoms with Crippen molar-refractivity contribution in [3.05, 3.63) is 42.0 Å². The van der Waals surface area contributed by atoms with Gasteiger partial charge in [-0.1, -0.05) is 30.4 Å². The third kappa shape index (κ3) is 2.46. The van der Waals surface area contributed by atoms with Gasteiger partial charge in [0.15, 0.2) is 0 Å². The molecule has 1 heterocycles. The standard InChI is InChI=1S/C18H20O2/c1-2-3-6-14(19)11-9-13-10-12-17-18(13)15-7-4-5-8-16(15)20-17/h1,4-5,7-9,11,13-14,17-19H,3,6,10,12H2/b11-9+/t13-,14?,17?,18?/m0/s1. The van der Waals surface area contributed by atoms with Gasteiger partial charge in [-0.05, 0) is 31.2 Å². The van der Waals surface area contributed by atoms with E-state index >= 15 is 0 Å². The molecule has 1 aromatic rings. The number of para-hydroxylation sites is 1. The summed E-state index contributed by atoms with van der Waals surface area (Å²) < 4.78 is 6.01. The molecule has 1 fully saturated rings. The van der Waals surface area contributed by atoms with Crippen LogP contribution in [0.15, 0.2) is 36.4 Å². The van der Waals surface area contributed by atoms with Crippen molar-refractivity contribution in [3.8, 4) is 18.1 Å². The Morgan fingerprint density at radius 3 is 3.10 bits per heavy atom.